The topological polar surface area (TPSA) is 59.1 Å². The second kappa shape index (κ2) is 8.57. The van der Waals surface area contributed by atoms with Gasteiger partial charge in [-0.2, -0.15) is 0 Å². The highest BCUT2D eigenvalue weighted by Gasteiger charge is 2.22. The van der Waals surface area contributed by atoms with Crippen LogP contribution < -0.4 is 14.4 Å². The van der Waals surface area contributed by atoms with E-state index in [1.807, 2.05) is 18.7 Å². The second-order valence-corrected chi connectivity index (χ2v) is 5.81. The van der Waals surface area contributed by atoms with Crippen molar-refractivity contribution in [1.82, 2.24) is 4.90 Å². The average molecular weight is 334 g/mol. The van der Waals surface area contributed by atoms with Crippen molar-refractivity contribution in [3.8, 4) is 11.5 Å². The van der Waals surface area contributed by atoms with Crippen LogP contribution in [0.15, 0.2) is 18.2 Å². The summed E-state index contributed by atoms with van der Waals surface area (Å²) in [4.78, 5) is 27.9. The molecule has 0 bridgehead atoms. The van der Waals surface area contributed by atoms with Crippen LogP contribution in [0.1, 0.15) is 33.6 Å². The molecule has 1 aliphatic rings. The van der Waals surface area contributed by atoms with E-state index < -0.39 is 0 Å². The summed E-state index contributed by atoms with van der Waals surface area (Å²) in [5, 5.41) is 0. The molecule has 0 radical (unpaired) electrons. The number of hydrogen-bond donors (Lipinski definition) is 0. The molecule has 0 fully saturated rings. The molecule has 6 heteroatoms. The Kier molecular flexibility index (Phi) is 6.46. The highest BCUT2D eigenvalue weighted by molar-refractivity contribution is 5.97. The van der Waals surface area contributed by atoms with Crippen molar-refractivity contribution in [2.45, 2.75) is 33.6 Å². The normalized spacial score (nSPS) is 12.6. The van der Waals surface area contributed by atoms with Gasteiger partial charge in [-0.15, -0.1) is 0 Å². The fraction of sp³-hybridized carbons (Fsp3) is 0.556. The second-order valence-electron chi connectivity index (χ2n) is 5.81. The summed E-state index contributed by atoms with van der Waals surface area (Å²) in [5.41, 5.74) is 0.646. The number of nitrogens with zero attached hydrogens (tertiary/aromatic N) is 2. The molecule has 132 valence electrons. The molecule has 0 N–H and O–H groups in total. The first-order valence-corrected chi connectivity index (χ1v) is 8.52. The molecule has 0 atom stereocenters. The summed E-state index contributed by atoms with van der Waals surface area (Å²) in [5.74, 6) is 1.06. The molecule has 0 saturated heterocycles. The molecule has 0 aromatic heterocycles. The molecule has 2 amide bonds. The molecule has 6 nitrogen and oxygen atoms in total. The maximum absolute atomic E-state index is 12.6. The van der Waals surface area contributed by atoms with Crippen molar-refractivity contribution < 1.29 is 19.1 Å². The highest BCUT2D eigenvalue weighted by atomic mass is 16.6. The lowest BCUT2D eigenvalue weighted by Crippen LogP contribution is -2.43. The predicted molar refractivity (Wildman–Crippen MR) is 92.6 cm³/mol. The fourth-order valence-corrected chi connectivity index (χ4v) is 2.72. The first-order chi connectivity index (χ1) is 11.6. The number of benzene rings is 1. The molecule has 0 saturated carbocycles. The van der Waals surface area contributed by atoms with Crippen LogP contribution in [0, 0.1) is 0 Å². The lowest BCUT2D eigenvalue weighted by Gasteiger charge is -2.27. The number of fused-ring (bicyclic) bond motifs is 1. The van der Waals surface area contributed by atoms with Gasteiger partial charge in [0.05, 0.1) is 0 Å². The average Bonchev–Trinajstić information content (AvgIpc) is 2.58. The Morgan fingerprint density at radius 1 is 1.04 bits per heavy atom. The van der Waals surface area contributed by atoms with Gasteiger partial charge in [-0.25, -0.2) is 0 Å². The minimum Gasteiger partial charge on any atom is -0.486 e. The van der Waals surface area contributed by atoms with E-state index in [-0.39, 0.29) is 18.4 Å². The van der Waals surface area contributed by atoms with Gasteiger partial charge in [0.25, 0.3) is 0 Å². The van der Waals surface area contributed by atoms with E-state index in [1.165, 1.54) is 11.8 Å². The van der Waals surface area contributed by atoms with Gasteiger partial charge >= 0.3 is 0 Å². The Bertz CT molecular complexity index is 582. The zero-order valence-electron chi connectivity index (χ0n) is 14.7. The van der Waals surface area contributed by atoms with Gasteiger partial charge in [0.1, 0.15) is 19.8 Å². The van der Waals surface area contributed by atoms with Gasteiger partial charge in [-0.1, -0.05) is 13.8 Å². The molecule has 24 heavy (non-hydrogen) atoms. The highest BCUT2D eigenvalue weighted by Crippen LogP contribution is 2.34. The first-order valence-electron chi connectivity index (χ1n) is 8.52. The molecular weight excluding hydrogens is 308 g/mol. The molecule has 1 aromatic carbocycles. The van der Waals surface area contributed by atoms with Crippen LogP contribution in [0.5, 0.6) is 11.5 Å². The van der Waals surface area contributed by atoms with Crippen LogP contribution in [0.25, 0.3) is 0 Å². The van der Waals surface area contributed by atoms with E-state index >= 15 is 0 Å². The number of amides is 2. The van der Waals surface area contributed by atoms with Crippen LogP contribution in [0.2, 0.25) is 0 Å². The van der Waals surface area contributed by atoms with Crippen molar-refractivity contribution in [3.05, 3.63) is 18.2 Å². The van der Waals surface area contributed by atoms with Crippen molar-refractivity contribution in [2.75, 3.05) is 37.7 Å². The summed E-state index contributed by atoms with van der Waals surface area (Å²) in [6, 6.07) is 5.32. The third-order valence-electron chi connectivity index (χ3n) is 3.85. The van der Waals surface area contributed by atoms with Gasteiger partial charge in [0.2, 0.25) is 11.8 Å². The maximum atomic E-state index is 12.6. The quantitative estimate of drug-likeness (QED) is 0.768. The van der Waals surface area contributed by atoms with E-state index in [0.29, 0.717) is 43.5 Å². The SMILES string of the molecule is CCCN(CCC)C(=O)CN(C(C)=O)c1ccc2c(c1)OCCO2. The lowest BCUT2D eigenvalue weighted by molar-refractivity contribution is -0.131. The molecule has 0 aliphatic carbocycles. The summed E-state index contributed by atoms with van der Waals surface area (Å²) in [6.45, 7) is 8.00. The minimum atomic E-state index is -0.173. The van der Waals surface area contributed by atoms with Gasteiger partial charge in [0, 0.05) is 31.8 Å². The number of ether oxygens (including phenoxy) is 2. The maximum Gasteiger partial charge on any atom is 0.242 e. The largest absolute Gasteiger partial charge is 0.486 e. The van der Waals surface area contributed by atoms with Crippen LogP contribution in [0.3, 0.4) is 0 Å². The van der Waals surface area contributed by atoms with E-state index in [0.717, 1.165) is 12.8 Å². The Labute approximate surface area is 143 Å². The number of hydrogen-bond acceptors (Lipinski definition) is 4. The molecule has 1 aromatic rings. The standard InChI is InChI=1S/C18H26N2O4/c1-4-8-19(9-5-2)18(22)13-20(14(3)21)15-6-7-16-17(12-15)24-11-10-23-16/h6-7,12H,4-5,8-11,13H2,1-3H3. The van der Waals surface area contributed by atoms with Gasteiger partial charge in [-0.05, 0) is 25.0 Å². The molecule has 1 heterocycles. The monoisotopic (exact) mass is 334 g/mol. The fourth-order valence-electron chi connectivity index (χ4n) is 2.72. The zero-order chi connectivity index (χ0) is 17.5. The summed E-state index contributed by atoms with van der Waals surface area (Å²) < 4.78 is 11.1. The minimum absolute atomic E-state index is 0.0367. The lowest BCUT2D eigenvalue weighted by atomic mass is 10.2. The Balaban J connectivity index is 2.17. The molecule has 0 spiro atoms. The summed E-state index contributed by atoms with van der Waals surface area (Å²) in [7, 11) is 0. The molecule has 2 rings (SSSR count). The van der Waals surface area contributed by atoms with Gasteiger partial charge < -0.3 is 19.3 Å². The van der Waals surface area contributed by atoms with E-state index in [1.54, 1.807) is 18.2 Å². The molecule has 0 unspecified atom stereocenters. The zero-order valence-corrected chi connectivity index (χ0v) is 14.7. The molecule has 1 aliphatic heterocycles. The Morgan fingerprint density at radius 3 is 2.25 bits per heavy atom. The van der Waals surface area contributed by atoms with Crippen LogP contribution >= 0.6 is 0 Å². The van der Waals surface area contributed by atoms with Crippen molar-refractivity contribution in [3.63, 3.8) is 0 Å². The number of rotatable bonds is 7. The number of anilines is 1. The van der Waals surface area contributed by atoms with E-state index in [2.05, 4.69) is 0 Å². The van der Waals surface area contributed by atoms with Crippen LogP contribution in [0.4, 0.5) is 5.69 Å². The van der Waals surface area contributed by atoms with Crippen molar-refractivity contribution >= 4 is 17.5 Å². The van der Waals surface area contributed by atoms with Gasteiger partial charge in [-0.3, -0.25) is 9.59 Å². The third-order valence-corrected chi connectivity index (χ3v) is 3.85. The summed E-state index contributed by atoms with van der Waals surface area (Å²) >= 11 is 0. The van der Waals surface area contributed by atoms with Crippen LogP contribution in [-0.4, -0.2) is 49.6 Å². The Hall–Kier alpha value is -2.24. The van der Waals surface area contributed by atoms with Crippen LogP contribution in [-0.2, 0) is 9.59 Å². The first kappa shape index (κ1) is 18.1. The molecular formula is C18H26N2O4. The number of carbonyl (C=O) groups excluding carboxylic acids is 2. The van der Waals surface area contributed by atoms with E-state index in [9.17, 15) is 9.59 Å². The number of carbonyl (C=O) groups is 2. The van der Waals surface area contributed by atoms with Gasteiger partial charge in [0.15, 0.2) is 11.5 Å². The summed E-state index contributed by atoms with van der Waals surface area (Å²) in [6.07, 6.45) is 1.80. The smallest absolute Gasteiger partial charge is 0.242 e. The third kappa shape index (κ3) is 4.40. The van der Waals surface area contributed by atoms with E-state index in [4.69, 9.17) is 9.47 Å². The van der Waals surface area contributed by atoms with Crippen molar-refractivity contribution in [1.29, 1.82) is 0 Å². The van der Waals surface area contributed by atoms with Crippen molar-refractivity contribution in [2.24, 2.45) is 0 Å². The predicted octanol–water partition coefficient (Wildman–Crippen LogP) is 2.46. The Morgan fingerprint density at radius 2 is 1.67 bits per heavy atom.